The summed E-state index contributed by atoms with van der Waals surface area (Å²) in [6.07, 6.45) is 1.46. The maximum absolute atomic E-state index is 11.7. The van der Waals surface area contributed by atoms with Crippen LogP contribution in [0.25, 0.3) is 0 Å². The summed E-state index contributed by atoms with van der Waals surface area (Å²) in [4.78, 5) is 13.6. The van der Waals surface area contributed by atoms with E-state index in [1.807, 2.05) is 21.7 Å². The van der Waals surface area contributed by atoms with E-state index in [1.165, 1.54) is 0 Å². The van der Waals surface area contributed by atoms with Crippen LogP contribution in [0.1, 0.15) is 12.0 Å². The number of rotatable bonds is 2. The zero-order chi connectivity index (χ0) is 9.97. The third kappa shape index (κ3) is 3.19. The Morgan fingerprint density at radius 1 is 1.67 bits per heavy atom. The molecule has 84 valence electrons. The molecule has 2 N–H and O–H groups in total. The van der Waals surface area contributed by atoms with Crippen molar-refractivity contribution in [3.05, 3.63) is 22.4 Å². The van der Waals surface area contributed by atoms with Crippen molar-refractivity contribution in [3.8, 4) is 0 Å². The summed E-state index contributed by atoms with van der Waals surface area (Å²) >= 11 is 1.63. The van der Waals surface area contributed by atoms with Crippen molar-refractivity contribution >= 4 is 29.7 Å². The predicted octanol–water partition coefficient (Wildman–Crippen LogP) is 1.27. The highest BCUT2D eigenvalue weighted by molar-refractivity contribution is 7.07. The van der Waals surface area contributed by atoms with Crippen LogP contribution in [-0.2, 0) is 11.2 Å². The van der Waals surface area contributed by atoms with E-state index in [4.69, 9.17) is 5.73 Å². The van der Waals surface area contributed by atoms with Gasteiger partial charge < -0.3 is 10.6 Å². The molecular formula is C10H15ClN2OS. The van der Waals surface area contributed by atoms with Gasteiger partial charge in [0.15, 0.2) is 0 Å². The minimum atomic E-state index is 0. The summed E-state index contributed by atoms with van der Waals surface area (Å²) in [5.74, 6) is 0.205. The Labute approximate surface area is 99.7 Å². The van der Waals surface area contributed by atoms with Crippen molar-refractivity contribution in [2.45, 2.75) is 18.9 Å². The standard InChI is InChI=1S/C10H14N2OS.ClH/c11-9-1-3-12(6-9)10(13)5-8-2-4-14-7-8;/h2,4,7,9H,1,3,5-6,11H2;1H/t9-;/m1./s1. The quantitative estimate of drug-likeness (QED) is 0.855. The molecule has 1 fully saturated rings. The number of thiophene rings is 1. The first kappa shape index (κ1) is 12.5. The Kier molecular flexibility index (Phi) is 4.57. The Bertz CT molecular complexity index is 315. The van der Waals surface area contributed by atoms with Crippen LogP contribution in [0.3, 0.4) is 0 Å². The maximum atomic E-state index is 11.7. The highest BCUT2D eigenvalue weighted by Crippen LogP contribution is 2.12. The third-order valence-corrected chi connectivity index (χ3v) is 3.24. The number of carbonyl (C=O) groups is 1. The molecule has 15 heavy (non-hydrogen) atoms. The van der Waals surface area contributed by atoms with E-state index in [1.54, 1.807) is 11.3 Å². The molecule has 1 saturated heterocycles. The van der Waals surface area contributed by atoms with Crippen LogP contribution in [0.4, 0.5) is 0 Å². The van der Waals surface area contributed by atoms with Crippen molar-refractivity contribution in [1.82, 2.24) is 4.90 Å². The summed E-state index contributed by atoms with van der Waals surface area (Å²) in [7, 11) is 0. The second-order valence-corrected chi connectivity index (χ2v) is 4.48. The van der Waals surface area contributed by atoms with Crippen LogP contribution in [0.2, 0.25) is 0 Å². The molecule has 0 saturated carbocycles. The Hall–Kier alpha value is -0.580. The Morgan fingerprint density at radius 3 is 3.00 bits per heavy atom. The molecular weight excluding hydrogens is 232 g/mol. The van der Waals surface area contributed by atoms with Gasteiger partial charge in [-0.1, -0.05) is 0 Å². The fourth-order valence-corrected chi connectivity index (χ4v) is 2.36. The van der Waals surface area contributed by atoms with Crippen molar-refractivity contribution in [2.24, 2.45) is 5.73 Å². The monoisotopic (exact) mass is 246 g/mol. The molecule has 5 heteroatoms. The van der Waals surface area contributed by atoms with Gasteiger partial charge in [-0.3, -0.25) is 4.79 Å². The zero-order valence-corrected chi connectivity index (χ0v) is 10.0. The van der Waals surface area contributed by atoms with Gasteiger partial charge in [-0.05, 0) is 28.8 Å². The lowest BCUT2D eigenvalue weighted by molar-refractivity contribution is -0.129. The largest absolute Gasteiger partial charge is 0.341 e. The highest BCUT2D eigenvalue weighted by atomic mass is 35.5. The number of carbonyl (C=O) groups excluding carboxylic acids is 1. The van der Waals surface area contributed by atoms with Crippen molar-refractivity contribution in [3.63, 3.8) is 0 Å². The van der Waals surface area contributed by atoms with Gasteiger partial charge in [0.2, 0.25) is 5.91 Å². The summed E-state index contributed by atoms with van der Waals surface area (Å²) in [6, 6.07) is 2.18. The molecule has 1 amide bonds. The summed E-state index contributed by atoms with van der Waals surface area (Å²) in [5, 5.41) is 4.02. The molecule has 0 radical (unpaired) electrons. The van der Waals surface area contributed by atoms with Crippen molar-refractivity contribution < 1.29 is 4.79 Å². The summed E-state index contributed by atoms with van der Waals surface area (Å²) < 4.78 is 0. The lowest BCUT2D eigenvalue weighted by atomic mass is 10.2. The fraction of sp³-hybridized carbons (Fsp3) is 0.500. The Morgan fingerprint density at radius 2 is 2.47 bits per heavy atom. The normalized spacial score (nSPS) is 20.1. The molecule has 1 aromatic rings. The second-order valence-electron chi connectivity index (χ2n) is 3.70. The first-order valence-corrected chi connectivity index (χ1v) is 5.74. The molecule has 2 heterocycles. The van der Waals surface area contributed by atoms with E-state index in [9.17, 15) is 4.79 Å². The first-order valence-electron chi connectivity index (χ1n) is 4.80. The van der Waals surface area contributed by atoms with Crippen LogP contribution in [-0.4, -0.2) is 29.9 Å². The molecule has 0 aliphatic carbocycles. The number of hydrogen-bond acceptors (Lipinski definition) is 3. The van der Waals surface area contributed by atoms with Crippen LogP contribution < -0.4 is 5.73 Å². The maximum Gasteiger partial charge on any atom is 0.227 e. The summed E-state index contributed by atoms with van der Waals surface area (Å²) in [5.41, 5.74) is 6.86. The highest BCUT2D eigenvalue weighted by Gasteiger charge is 2.23. The van der Waals surface area contributed by atoms with Crippen molar-refractivity contribution in [2.75, 3.05) is 13.1 Å². The Balaban J connectivity index is 0.00000112. The second kappa shape index (κ2) is 5.49. The topological polar surface area (TPSA) is 46.3 Å². The average Bonchev–Trinajstić information content (AvgIpc) is 2.75. The average molecular weight is 247 g/mol. The molecule has 0 aromatic carbocycles. The predicted molar refractivity (Wildman–Crippen MR) is 64.4 cm³/mol. The molecule has 0 unspecified atom stereocenters. The number of amides is 1. The van der Waals surface area contributed by atoms with Gasteiger partial charge in [-0.25, -0.2) is 0 Å². The van der Waals surface area contributed by atoms with E-state index in [0.29, 0.717) is 6.42 Å². The molecule has 2 rings (SSSR count). The number of hydrogen-bond donors (Lipinski definition) is 1. The lowest BCUT2D eigenvalue weighted by Crippen LogP contribution is -2.32. The van der Waals surface area contributed by atoms with E-state index in [2.05, 4.69) is 0 Å². The van der Waals surface area contributed by atoms with E-state index in [-0.39, 0.29) is 24.4 Å². The molecule has 1 aliphatic rings. The SMILES string of the molecule is Cl.N[C@@H]1CCN(C(=O)Cc2ccsc2)C1. The smallest absolute Gasteiger partial charge is 0.227 e. The molecule has 1 aromatic heterocycles. The van der Waals surface area contributed by atoms with E-state index in [0.717, 1.165) is 25.1 Å². The van der Waals surface area contributed by atoms with E-state index < -0.39 is 0 Å². The van der Waals surface area contributed by atoms with Gasteiger partial charge in [-0.15, -0.1) is 12.4 Å². The van der Waals surface area contributed by atoms with Gasteiger partial charge in [0.1, 0.15) is 0 Å². The molecule has 1 atom stereocenters. The van der Waals surface area contributed by atoms with Gasteiger partial charge in [0.05, 0.1) is 6.42 Å². The number of nitrogens with two attached hydrogens (primary N) is 1. The van der Waals surface area contributed by atoms with Crippen LogP contribution >= 0.6 is 23.7 Å². The zero-order valence-electron chi connectivity index (χ0n) is 8.39. The summed E-state index contributed by atoms with van der Waals surface area (Å²) in [6.45, 7) is 1.55. The van der Waals surface area contributed by atoms with Gasteiger partial charge in [0, 0.05) is 19.1 Å². The lowest BCUT2D eigenvalue weighted by Gasteiger charge is -2.14. The van der Waals surface area contributed by atoms with Crippen molar-refractivity contribution in [1.29, 1.82) is 0 Å². The molecule has 3 nitrogen and oxygen atoms in total. The minimum Gasteiger partial charge on any atom is -0.341 e. The minimum absolute atomic E-state index is 0. The number of likely N-dealkylation sites (tertiary alicyclic amines) is 1. The molecule has 0 spiro atoms. The van der Waals surface area contributed by atoms with Crippen LogP contribution in [0.15, 0.2) is 16.8 Å². The van der Waals surface area contributed by atoms with Gasteiger partial charge in [0.25, 0.3) is 0 Å². The fourth-order valence-electron chi connectivity index (χ4n) is 1.69. The molecule has 1 aliphatic heterocycles. The first-order chi connectivity index (χ1) is 6.75. The van der Waals surface area contributed by atoms with E-state index >= 15 is 0 Å². The van der Waals surface area contributed by atoms with Gasteiger partial charge >= 0.3 is 0 Å². The van der Waals surface area contributed by atoms with Crippen LogP contribution in [0.5, 0.6) is 0 Å². The van der Waals surface area contributed by atoms with Crippen LogP contribution in [0, 0.1) is 0 Å². The molecule has 0 bridgehead atoms. The third-order valence-electron chi connectivity index (χ3n) is 2.51. The van der Waals surface area contributed by atoms with Gasteiger partial charge in [-0.2, -0.15) is 11.3 Å². The number of halogens is 1. The number of nitrogens with zero attached hydrogens (tertiary/aromatic N) is 1.